The molecule has 1 aromatic carbocycles. The molecule has 0 radical (unpaired) electrons. The van der Waals surface area contributed by atoms with E-state index in [1.807, 2.05) is 28.8 Å². The summed E-state index contributed by atoms with van der Waals surface area (Å²) < 4.78 is 7.90. The van der Waals surface area contributed by atoms with Crippen molar-refractivity contribution in [2.75, 3.05) is 19.8 Å². The van der Waals surface area contributed by atoms with E-state index in [4.69, 9.17) is 28.6 Å². The summed E-state index contributed by atoms with van der Waals surface area (Å²) in [7, 11) is 0. The van der Waals surface area contributed by atoms with Crippen LogP contribution >= 0.6 is 23.8 Å². The topological polar surface area (TPSA) is 74.8 Å². The molecule has 0 saturated carbocycles. The number of aromatic nitrogens is 3. The number of aromatic amines is 2. The lowest BCUT2D eigenvalue weighted by atomic mass is 10.00. The van der Waals surface area contributed by atoms with Gasteiger partial charge in [0.2, 0.25) is 0 Å². The van der Waals surface area contributed by atoms with Gasteiger partial charge in [-0.3, -0.25) is 9.78 Å². The van der Waals surface area contributed by atoms with Crippen molar-refractivity contribution < 1.29 is 4.74 Å². The Kier molecular flexibility index (Phi) is 4.47. The van der Waals surface area contributed by atoms with Crippen LogP contribution in [0.15, 0.2) is 35.3 Å². The minimum absolute atomic E-state index is 0.0844. The Labute approximate surface area is 153 Å². The largest absolute Gasteiger partial charge is 0.378 e. The first-order chi connectivity index (χ1) is 12.1. The molecule has 25 heavy (non-hydrogen) atoms. The van der Waals surface area contributed by atoms with Gasteiger partial charge in [-0.1, -0.05) is 17.7 Å². The Hall–Kier alpha value is -1.93. The number of morpholine rings is 1. The first-order valence-electron chi connectivity index (χ1n) is 8.03. The van der Waals surface area contributed by atoms with E-state index < -0.39 is 0 Å². The van der Waals surface area contributed by atoms with Crippen molar-refractivity contribution >= 4 is 34.9 Å². The molecule has 3 aromatic rings. The molecule has 8 heteroatoms. The van der Waals surface area contributed by atoms with Crippen LogP contribution in [0.4, 0.5) is 0 Å². The molecule has 1 unspecified atom stereocenters. The Morgan fingerprint density at radius 1 is 1.36 bits per heavy atom. The SMILES string of the molecule is O=c1[nH]c(=S)n(Cc2ccc(Cl)cc2C2COCCN2)c2cc[nH]c12. The highest BCUT2D eigenvalue weighted by molar-refractivity contribution is 7.71. The van der Waals surface area contributed by atoms with Crippen LogP contribution < -0.4 is 10.9 Å². The van der Waals surface area contributed by atoms with Crippen molar-refractivity contribution in [3.8, 4) is 0 Å². The molecule has 130 valence electrons. The monoisotopic (exact) mass is 376 g/mol. The number of ether oxygens (including phenoxy) is 1. The lowest BCUT2D eigenvalue weighted by Crippen LogP contribution is -2.35. The Bertz CT molecular complexity index is 1030. The fourth-order valence-corrected chi connectivity index (χ4v) is 3.67. The fourth-order valence-electron chi connectivity index (χ4n) is 3.23. The summed E-state index contributed by atoms with van der Waals surface area (Å²) in [5, 5.41) is 4.15. The van der Waals surface area contributed by atoms with Crippen molar-refractivity contribution in [1.82, 2.24) is 19.9 Å². The van der Waals surface area contributed by atoms with Gasteiger partial charge in [-0.25, -0.2) is 0 Å². The highest BCUT2D eigenvalue weighted by atomic mass is 35.5. The van der Waals surface area contributed by atoms with Crippen molar-refractivity contribution in [1.29, 1.82) is 0 Å². The number of hydrogen-bond donors (Lipinski definition) is 3. The molecular formula is C17H17ClN4O2S. The van der Waals surface area contributed by atoms with Gasteiger partial charge in [0.1, 0.15) is 5.52 Å². The molecule has 1 atom stereocenters. The molecule has 0 bridgehead atoms. The molecule has 6 nitrogen and oxygen atoms in total. The van der Waals surface area contributed by atoms with Gasteiger partial charge in [-0.2, -0.15) is 0 Å². The average Bonchev–Trinajstić information content (AvgIpc) is 3.10. The van der Waals surface area contributed by atoms with Crippen LogP contribution in [0, 0.1) is 4.77 Å². The predicted octanol–water partition coefficient (Wildman–Crippen LogP) is 2.75. The smallest absolute Gasteiger partial charge is 0.276 e. The molecule has 1 fully saturated rings. The minimum Gasteiger partial charge on any atom is -0.378 e. The second-order valence-electron chi connectivity index (χ2n) is 6.01. The van der Waals surface area contributed by atoms with Crippen LogP contribution in [0.3, 0.4) is 0 Å². The number of halogens is 1. The summed E-state index contributed by atoms with van der Waals surface area (Å²) in [6.07, 6.45) is 1.74. The zero-order chi connectivity index (χ0) is 17.4. The summed E-state index contributed by atoms with van der Waals surface area (Å²) >= 11 is 11.6. The van der Waals surface area contributed by atoms with Crippen LogP contribution in [0.2, 0.25) is 5.02 Å². The third kappa shape index (κ3) is 3.16. The molecule has 3 heterocycles. The number of fused-ring (bicyclic) bond motifs is 1. The van der Waals surface area contributed by atoms with E-state index in [0.29, 0.717) is 35.1 Å². The normalized spacial score (nSPS) is 17.9. The average molecular weight is 377 g/mol. The quantitative estimate of drug-likeness (QED) is 0.614. The molecule has 2 aromatic heterocycles. The van der Waals surface area contributed by atoms with E-state index in [9.17, 15) is 4.79 Å². The summed E-state index contributed by atoms with van der Waals surface area (Å²) in [6.45, 7) is 2.65. The van der Waals surface area contributed by atoms with Gasteiger partial charge in [-0.15, -0.1) is 0 Å². The summed E-state index contributed by atoms with van der Waals surface area (Å²) in [5.41, 5.74) is 3.26. The van der Waals surface area contributed by atoms with E-state index in [0.717, 1.165) is 23.2 Å². The van der Waals surface area contributed by atoms with E-state index >= 15 is 0 Å². The standard InChI is InChI=1S/C17H17ClN4O2S/c18-11-2-1-10(12(7-11)13-9-24-6-5-19-13)8-22-14-3-4-20-15(14)16(23)21-17(22)25/h1-4,7,13,19-20H,5-6,8-9H2,(H,21,23,25). The fraction of sp³-hybridized carbons (Fsp3) is 0.294. The van der Waals surface area contributed by atoms with Crippen LogP contribution in [0.1, 0.15) is 17.2 Å². The molecular weight excluding hydrogens is 360 g/mol. The lowest BCUT2D eigenvalue weighted by Gasteiger charge is -2.26. The highest BCUT2D eigenvalue weighted by Gasteiger charge is 2.19. The first-order valence-corrected chi connectivity index (χ1v) is 8.82. The van der Waals surface area contributed by atoms with Crippen molar-refractivity contribution in [3.63, 3.8) is 0 Å². The molecule has 1 aliphatic rings. The van der Waals surface area contributed by atoms with E-state index in [1.165, 1.54) is 0 Å². The molecule has 0 amide bonds. The number of nitrogens with zero attached hydrogens (tertiary/aromatic N) is 1. The molecule has 1 saturated heterocycles. The van der Waals surface area contributed by atoms with Gasteiger partial charge < -0.3 is 19.6 Å². The number of rotatable bonds is 3. The van der Waals surface area contributed by atoms with E-state index in [2.05, 4.69) is 15.3 Å². The van der Waals surface area contributed by atoms with Gasteiger partial charge in [0.25, 0.3) is 5.56 Å². The zero-order valence-electron chi connectivity index (χ0n) is 13.3. The Morgan fingerprint density at radius 3 is 3.04 bits per heavy atom. The van der Waals surface area contributed by atoms with Gasteiger partial charge >= 0.3 is 0 Å². The predicted molar refractivity (Wildman–Crippen MR) is 99.9 cm³/mol. The Balaban J connectivity index is 1.80. The number of hydrogen-bond acceptors (Lipinski definition) is 4. The van der Waals surface area contributed by atoms with Crippen LogP contribution in [0.5, 0.6) is 0 Å². The maximum Gasteiger partial charge on any atom is 0.276 e. The van der Waals surface area contributed by atoms with E-state index in [-0.39, 0.29) is 11.6 Å². The molecule has 3 N–H and O–H groups in total. The summed E-state index contributed by atoms with van der Waals surface area (Å²) in [6, 6.07) is 7.78. The maximum atomic E-state index is 12.0. The third-order valence-corrected chi connectivity index (χ3v) is 5.00. The van der Waals surface area contributed by atoms with Gasteiger partial charge in [-0.05, 0) is 41.5 Å². The second kappa shape index (κ2) is 6.76. The summed E-state index contributed by atoms with van der Waals surface area (Å²) in [4.78, 5) is 17.7. The minimum atomic E-state index is -0.208. The second-order valence-corrected chi connectivity index (χ2v) is 6.83. The van der Waals surface area contributed by atoms with Gasteiger partial charge in [0.15, 0.2) is 4.77 Å². The van der Waals surface area contributed by atoms with Crippen molar-refractivity contribution in [2.24, 2.45) is 0 Å². The van der Waals surface area contributed by atoms with E-state index in [1.54, 1.807) is 6.20 Å². The molecule has 4 rings (SSSR count). The Morgan fingerprint density at radius 2 is 2.24 bits per heavy atom. The van der Waals surface area contributed by atoms with Crippen LogP contribution in [-0.4, -0.2) is 34.3 Å². The van der Waals surface area contributed by atoms with Crippen LogP contribution in [0.25, 0.3) is 11.0 Å². The molecule has 0 aliphatic carbocycles. The third-order valence-electron chi connectivity index (χ3n) is 4.44. The highest BCUT2D eigenvalue weighted by Crippen LogP contribution is 2.25. The number of H-pyrrole nitrogens is 2. The van der Waals surface area contributed by atoms with Crippen LogP contribution in [-0.2, 0) is 11.3 Å². The van der Waals surface area contributed by atoms with Gasteiger partial charge in [0, 0.05) is 17.8 Å². The first kappa shape index (κ1) is 16.5. The lowest BCUT2D eigenvalue weighted by molar-refractivity contribution is 0.0766. The van der Waals surface area contributed by atoms with Gasteiger partial charge in [0.05, 0.1) is 31.3 Å². The molecule has 1 aliphatic heterocycles. The molecule has 0 spiro atoms. The maximum absolute atomic E-state index is 12.0. The summed E-state index contributed by atoms with van der Waals surface area (Å²) in [5.74, 6) is 0. The number of nitrogens with one attached hydrogen (secondary N) is 3. The number of benzene rings is 1. The van der Waals surface area contributed by atoms with Crippen molar-refractivity contribution in [3.05, 3.63) is 61.7 Å². The van der Waals surface area contributed by atoms with Crippen molar-refractivity contribution in [2.45, 2.75) is 12.6 Å². The zero-order valence-corrected chi connectivity index (χ0v) is 14.9.